The maximum absolute atomic E-state index is 5.43. The summed E-state index contributed by atoms with van der Waals surface area (Å²) < 4.78 is 5.43. The van der Waals surface area contributed by atoms with Gasteiger partial charge in [-0.25, -0.2) is 0 Å². The molecule has 2 heteroatoms. The number of hydrogen-bond donors (Lipinski definition) is 1. The summed E-state index contributed by atoms with van der Waals surface area (Å²) in [7, 11) is 1.75. The second-order valence-corrected chi connectivity index (χ2v) is 5.56. The molecular formula is C16H25NO. The zero-order valence-electron chi connectivity index (χ0n) is 11.8. The van der Waals surface area contributed by atoms with Gasteiger partial charge in [-0.1, -0.05) is 26.0 Å². The monoisotopic (exact) mass is 247 g/mol. The fraction of sp³-hybridized carbons (Fsp3) is 0.625. The average molecular weight is 247 g/mol. The van der Waals surface area contributed by atoms with Gasteiger partial charge in [0.15, 0.2) is 0 Å². The third kappa shape index (κ3) is 3.26. The zero-order chi connectivity index (χ0) is 13.0. The molecule has 1 aromatic carbocycles. The number of aryl methyl sites for hydroxylation is 1. The Balaban J connectivity index is 2.01. The van der Waals surface area contributed by atoms with Gasteiger partial charge in [0.25, 0.3) is 0 Å². The highest BCUT2D eigenvalue weighted by Crippen LogP contribution is 2.28. The normalized spacial score (nSPS) is 19.4. The van der Waals surface area contributed by atoms with Crippen molar-refractivity contribution in [3.8, 4) is 5.75 Å². The van der Waals surface area contributed by atoms with Crippen LogP contribution in [0.3, 0.4) is 0 Å². The Bertz CT molecular complexity index is 381. The maximum Gasteiger partial charge on any atom is 0.122 e. The van der Waals surface area contributed by atoms with E-state index in [1.807, 2.05) is 0 Å². The van der Waals surface area contributed by atoms with Crippen LogP contribution in [-0.4, -0.2) is 19.7 Å². The van der Waals surface area contributed by atoms with Gasteiger partial charge >= 0.3 is 0 Å². The Morgan fingerprint density at radius 3 is 2.83 bits per heavy atom. The number of hydrogen-bond acceptors (Lipinski definition) is 2. The van der Waals surface area contributed by atoms with Gasteiger partial charge in [0.1, 0.15) is 5.75 Å². The van der Waals surface area contributed by atoms with E-state index >= 15 is 0 Å². The van der Waals surface area contributed by atoms with Crippen LogP contribution in [0, 0.1) is 0 Å². The van der Waals surface area contributed by atoms with E-state index in [9.17, 15) is 0 Å². The summed E-state index contributed by atoms with van der Waals surface area (Å²) in [5.41, 5.74) is 2.77. The molecule has 2 nitrogen and oxygen atoms in total. The molecule has 1 aliphatic heterocycles. The van der Waals surface area contributed by atoms with Crippen LogP contribution in [0.4, 0.5) is 0 Å². The van der Waals surface area contributed by atoms with E-state index in [0.29, 0.717) is 5.92 Å². The van der Waals surface area contributed by atoms with Crippen molar-refractivity contribution in [2.45, 2.75) is 51.5 Å². The van der Waals surface area contributed by atoms with Crippen LogP contribution in [0.5, 0.6) is 5.75 Å². The van der Waals surface area contributed by atoms with E-state index in [2.05, 4.69) is 37.4 Å². The van der Waals surface area contributed by atoms with Crippen LogP contribution in [0.25, 0.3) is 0 Å². The Hall–Kier alpha value is -1.02. The molecule has 0 aliphatic carbocycles. The Kier molecular flexibility index (Phi) is 4.65. The number of rotatable bonds is 5. The lowest BCUT2D eigenvalue weighted by molar-refractivity contribution is 0.407. The molecule has 1 aliphatic rings. The molecule has 1 heterocycles. The van der Waals surface area contributed by atoms with Crippen molar-refractivity contribution in [1.82, 2.24) is 5.32 Å². The first kappa shape index (κ1) is 13.4. The Morgan fingerprint density at radius 1 is 1.39 bits per heavy atom. The van der Waals surface area contributed by atoms with Gasteiger partial charge in [0.05, 0.1) is 7.11 Å². The van der Waals surface area contributed by atoms with E-state index in [0.717, 1.165) is 11.8 Å². The van der Waals surface area contributed by atoms with Gasteiger partial charge in [-0.3, -0.25) is 0 Å². The first-order chi connectivity index (χ1) is 8.70. The number of benzene rings is 1. The van der Waals surface area contributed by atoms with Gasteiger partial charge < -0.3 is 10.1 Å². The lowest BCUT2D eigenvalue weighted by atomic mass is 9.96. The largest absolute Gasteiger partial charge is 0.496 e. The summed E-state index contributed by atoms with van der Waals surface area (Å²) in [6.45, 7) is 5.64. The molecule has 1 N–H and O–H groups in total. The molecule has 0 aromatic heterocycles. The van der Waals surface area contributed by atoms with Gasteiger partial charge in [-0.05, 0) is 55.3 Å². The van der Waals surface area contributed by atoms with Gasteiger partial charge in [-0.2, -0.15) is 0 Å². The molecule has 18 heavy (non-hydrogen) atoms. The SMILES string of the molecule is COc1ccc(CCC2CCCN2)cc1C(C)C. The van der Waals surface area contributed by atoms with Crippen molar-refractivity contribution in [3.05, 3.63) is 29.3 Å². The third-order valence-electron chi connectivity index (χ3n) is 3.86. The standard InChI is InChI=1S/C16H25NO/c1-12(2)15-11-13(7-9-16(15)18-3)6-8-14-5-4-10-17-14/h7,9,11-12,14,17H,4-6,8,10H2,1-3H3. The molecule has 1 saturated heterocycles. The molecule has 100 valence electrons. The van der Waals surface area contributed by atoms with E-state index in [1.165, 1.54) is 43.4 Å². The van der Waals surface area contributed by atoms with E-state index in [1.54, 1.807) is 7.11 Å². The summed E-state index contributed by atoms with van der Waals surface area (Å²) in [6.07, 6.45) is 5.10. The molecule has 0 bridgehead atoms. The second-order valence-electron chi connectivity index (χ2n) is 5.56. The topological polar surface area (TPSA) is 21.3 Å². The number of ether oxygens (including phenoxy) is 1. The van der Waals surface area contributed by atoms with Gasteiger partial charge in [0, 0.05) is 6.04 Å². The van der Waals surface area contributed by atoms with Crippen molar-refractivity contribution < 1.29 is 4.74 Å². The Morgan fingerprint density at radius 2 is 2.22 bits per heavy atom. The highest BCUT2D eigenvalue weighted by molar-refractivity contribution is 5.39. The molecule has 1 atom stereocenters. The lowest BCUT2D eigenvalue weighted by Crippen LogP contribution is -2.21. The second kappa shape index (κ2) is 6.24. The summed E-state index contributed by atoms with van der Waals surface area (Å²) in [4.78, 5) is 0. The smallest absolute Gasteiger partial charge is 0.122 e. The van der Waals surface area contributed by atoms with Gasteiger partial charge in [-0.15, -0.1) is 0 Å². The number of nitrogens with one attached hydrogen (secondary N) is 1. The van der Waals surface area contributed by atoms with Crippen molar-refractivity contribution in [2.24, 2.45) is 0 Å². The predicted octanol–water partition coefficient (Wildman–Crippen LogP) is 3.50. The highest BCUT2D eigenvalue weighted by atomic mass is 16.5. The van der Waals surface area contributed by atoms with Crippen LogP contribution in [0.1, 0.15) is 50.2 Å². The van der Waals surface area contributed by atoms with E-state index in [4.69, 9.17) is 4.74 Å². The molecule has 0 saturated carbocycles. The summed E-state index contributed by atoms with van der Waals surface area (Å²) >= 11 is 0. The molecule has 0 spiro atoms. The molecular weight excluding hydrogens is 222 g/mol. The third-order valence-corrected chi connectivity index (χ3v) is 3.86. The van der Waals surface area contributed by atoms with Crippen molar-refractivity contribution in [2.75, 3.05) is 13.7 Å². The molecule has 1 fully saturated rings. The van der Waals surface area contributed by atoms with Crippen LogP contribution in [0.15, 0.2) is 18.2 Å². The highest BCUT2D eigenvalue weighted by Gasteiger charge is 2.14. The minimum Gasteiger partial charge on any atom is -0.496 e. The van der Waals surface area contributed by atoms with Crippen molar-refractivity contribution in [3.63, 3.8) is 0 Å². The Labute approximate surface area is 111 Å². The number of methoxy groups -OCH3 is 1. The van der Waals surface area contributed by atoms with Crippen LogP contribution >= 0.6 is 0 Å². The molecule has 2 rings (SSSR count). The minimum atomic E-state index is 0.518. The quantitative estimate of drug-likeness (QED) is 0.860. The van der Waals surface area contributed by atoms with Gasteiger partial charge in [0.2, 0.25) is 0 Å². The predicted molar refractivity (Wildman–Crippen MR) is 76.4 cm³/mol. The average Bonchev–Trinajstić information content (AvgIpc) is 2.89. The minimum absolute atomic E-state index is 0.518. The zero-order valence-corrected chi connectivity index (χ0v) is 11.8. The summed E-state index contributed by atoms with van der Waals surface area (Å²) in [6, 6.07) is 7.37. The van der Waals surface area contributed by atoms with Crippen LogP contribution < -0.4 is 10.1 Å². The first-order valence-corrected chi connectivity index (χ1v) is 7.11. The lowest BCUT2D eigenvalue weighted by Gasteiger charge is -2.15. The molecule has 0 radical (unpaired) electrons. The first-order valence-electron chi connectivity index (χ1n) is 7.11. The van der Waals surface area contributed by atoms with Crippen molar-refractivity contribution >= 4 is 0 Å². The van der Waals surface area contributed by atoms with Crippen molar-refractivity contribution in [1.29, 1.82) is 0 Å². The van der Waals surface area contributed by atoms with E-state index in [-0.39, 0.29) is 0 Å². The summed E-state index contributed by atoms with van der Waals surface area (Å²) in [5.74, 6) is 1.54. The fourth-order valence-corrected chi connectivity index (χ4v) is 2.73. The molecule has 0 amide bonds. The van der Waals surface area contributed by atoms with Crippen LogP contribution in [0.2, 0.25) is 0 Å². The summed E-state index contributed by atoms with van der Waals surface area (Å²) in [5, 5.41) is 3.56. The maximum atomic E-state index is 5.43. The fourth-order valence-electron chi connectivity index (χ4n) is 2.73. The molecule has 1 aromatic rings. The van der Waals surface area contributed by atoms with Crippen LogP contribution in [-0.2, 0) is 6.42 Å². The molecule has 1 unspecified atom stereocenters. The van der Waals surface area contributed by atoms with E-state index < -0.39 is 0 Å².